The number of nitrogens with one attached hydrogen (secondary N) is 1. The van der Waals surface area contributed by atoms with Crippen molar-refractivity contribution in [1.82, 2.24) is 5.32 Å². The SMILES string of the molecule is COC(=O)[C@H](Cc1ccc(F)cc1)NC(=O)COCc1ccccc1. The van der Waals surface area contributed by atoms with E-state index in [9.17, 15) is 14.0 Å². The summed E-state index contributed by atoms with van der Waals surface area (Å²) >= 11 is 0. The summed E-state index contributed by atoms with van der Waals surface area (Å²) in [6, 6.07) is 14.3. The number of benzene rings is 2. The fourth-order valence-corrected chi connectivity index (χ4v) is 2.26. The molecule has 1 atom stereocenters. The van der Waals surface area contributed by atoms with Gasteiger partial charge in [-0.1, -0.05) is 42.5 Å². The number of esters is 1. The molecule has 0 radical (unpaired) electrons. The fourth-order valence-electron chi connectivity index (χ4n) is 2.26. The van der Waals surface area contributed by atoms with Crippen LogP contribution < -0.4 is 5.32 Å². The Morgan fingerprint density at radius 3 is 2.36 bits per heavy atom. The van der Waals surface area contributed by atoms with Crippen molar-refractivity contribution in [2.45, 2.75) is 19.1 Å². The van der Waals surface area contributed by atoms with Gasteiger partial charge in [0.2, 0.25) is 5.91 Å². The van der Waals surface area contributed by atoms with Crippen LogP contribution >= 0.6 is 0 Å². The predicted molar refractivity (Wildman–Crippen MR) is 90.1 cm³/mol. The summed E-state index contributed by atoms with van der Waals surface area (Å²) in [5, 5.41) is 2.58. The van der Waals surface area contributed by atoms with Crippen molar-refractivity contribution in [1.29, 1.82) is 0 Å². The Hall–Kier alpha value is -2.73. The molecule has 132 valence electrons. The Morgan fingerprint density at radius 1 is 1.04 bits per heavy atom. The quantitative estimate of drug-likeness (QED) is 0.745. The minimum absolute atomic E-state index is 0.175. The van der Waals surface area contributed by atoms with Gasteiger partial charge in [0.05, 0.1) is 13.7 Å². The van der Waals surface area contributed by atoms with Crippen molar-refractivity contribution >= 4 is 11.9 Å². The first-order valence-corrected chi connectivity index (χ1v) is 7.82. The Kier molecular flexibility index (Phi) is 7.10. The normalized spacial score (nSPS) is 11.6. The van der Waals surface area contributed by atoms with E-state index in [1.54, 1.807) is 12.1 Å². The van der Waals surface area contributed by atoms with Gasteiger partial charge >= 0.3 is 5.97 Å². The molecule has 0 aliphatic rings. The molecule has 0 aromatic heterocycles. The Labute approximate surface area is 145 Å². The Bertz CT molecular complexity index is 688. The molecule has 2 rings (SSSR count). The summed E-state index contributed by atoms with van der Waals surface area (Å²) in [7, 11) is 1.25. The number of methoxy groups -OCH3 is 1. The molecule has 25 heavy (non-hydrogen) atoms. The van der Waals surface area contributed by atoms with Gasteiger partial charge in [-0.25, -0.2) is 9.18 Å². The van der Waals surface area contributed by atoms with Gasteiger partial charge in [-0.2, -0.15) is 0 Å². The molecule has 0 spiro atoms. The molecule has 5 nitrogen and oxygen atoms in total. The molecule has 0 unspecified atom stereocenters. The molecule has 0 fully saturated rings. The zero-order chi connectivity index (χ0) is 18.1. The highest BCUT2D eigenvalue weighted by molar-refractivity contribution is 5.85. The van der Waals surface area contributed by atoms with Gasteiger partial charge in [0.15, 0.2) is 0 Å². The molecule has 1 amide bonds. The number of hydrogen-bond acceptors (Lipinski definition) is 4. The third-order valence-corrected chi connectivity index (χ3v) is 3.52. The number of halogens is 1. The minimum atomic E-state index is -0.858. The molecular weight excluding hydrogens is 325 g/mol. The fraction of sp³-hybridized carbons (Fsp3) is 0.263. The lowest BCUT2D eigenvalue weighted by atomic mass is 10.1. The van der Waals surface area contributed by atoms with Crippen molar-refractivity contribution in [2.75, 3.05) is 13.7 Å². The van der Waals surface area contributed by atoms with Crippen LogP contribution in [0.3, 0.4) is 0 Å². The molecule has 2 aromatic carbocycles. The second-order valence-corrected chi connectivity index (χ2v) is 5.45. The van der Waals surface area contributed by atoms with Crippen molar-refractivity contribution in [3.63, 3.8) is 0 Å². The summed E-state index contributed by atoms with van der Waals surface area (Å²) in [6.45, 7) is 0.126. The van der Waals surface area contributed by atoms with Crippen LogP contribution in [-0.2, 0) is 32.1 Å². The van der Waals surface area contributed by atoms with Crippen LogP contribution in [0.2, 0.25) is 0 Å². The number of amides is 1. The van der Waals surface area contributed by atoms with Gasteiger partial charge < -0.3 is 14.8 Å². The van der Waals surface area contributed by atoms with Crippen LogP contribution in [0.1, 0.15) is 11.1 Å². The topological polar surface area (TPSA) is 64.6 Å². The van der Waals surface area contributed by atoms with Crippen molar-refractivity contribution in [2.24, 2.45) is 0 Å². The first kappa shape index (κ1) is 18.6. The lowest BCUT2D eigenvalue weighted by Crippen LogP contribution is -2.44. The van der Waals surface area contributed by atoms with Crippen LogP contribution in [0.15, 0.2) is 54.6 Å². The van der Waals surface area contributed by atoms with E-state index < -0.39 is 17.9 Å². The summed E-state index contributed by atoms with van der Waals surface area (Å²) in [6.07, 6.45) is 0.206. The van der Waals surface area contributed by atoms with E-state index in [4.69, 9.17) is 9.47 Å². The molecule has 6 heteroatoms. The average Bonchev–Trinajstić information content (AvgIpc) is 2.63. The van der Waals surface area contributed by atoms with E-state index in [1.165, 1.54) is 19.2 Å². The highest BCUT2D eigenvalue weighted by Crippen LogP contribution is 2.07. The number of ether oxygens (including phenoxy) is 2. The summed E-state index contributed by atoms with van der Waals surface area (Å²) < 4.78 is 23.0. The molecule has 0 heterocycles. The number of hydrogen-bond donors (Lipinski definition) is 1. The molecule has 0 bridgehead atoms. The maximum atomic E-state index is 13.0. The van der Waals surface area contributed by atoms with Gasteiger partial charge in [0.1, 0.15) is 18.5 Å². The van der Waals surface area contributed by atoms with E-state index in [1.807, 2.05) is 30.3 Å². The van der Waals surface area contributed by atoms with Gasteiger partial charge in [-0.05, 0) is 23.3 Å². The van der Waals surface area contributed by atoms with Crippen LogP contribution in [0.4, 0.5) is 4.39 Å². The zero-order valence-corrected chi connectivity index (χ0v) is 13.9. The number of carbonyl (C=O) groups is 2. The maximum absolute atomic E-state index is 13.0. The van der Waals surface area contributed by atoms with E-state index in [-0.39, 0.29) is 18.8 Å². The third kappa shape index (κ3) is 6.35. The van der Waals surface area contributed by atoms with E-state index in [0.717, 1.165) is 5.56 Å². The molecule has 0 saturated carbocycles. The number of carbonyl (C=O) groups excluding carboxylic acids is 2. The third-order valence-electron chi connectivity index (χ3n) is 3.52. The Morgan fingerprint density at radius 2 is 1.72 bits per heavy atom. The van der Waals surface area contributed by atoms with Crippen molar-refractivity contribution in [3.05, 3.63) is 71.5 Å². The molecular formula is C19H20FNO4. The molecule has 0 aliphatic heterocycles. The summed E-state index contributed by atoms with van der Waals surface area (Å²) in [5.74, 6) is -1.36. The number of rotatable bonds is 8. The molecule has 0 aliphatic carbocycles. The van der Waals surface area contributed by atoms with Gasteiger partial charge in [0, 0.05) is 6.42 Å². The van der Waals surface area contributed by atoms with Crippen LogP contribution in [0.25, 0.3) is 0 Å². The second-order valence-electron chi connectivity index (χ2n) is 5.45. The molecule has 0 saturated heterocycles. The predicted octanol–water partition coefficient (Wildman–Crippen LogP) is 2.24. The molecule has 2 aromatic rings. The minimum Gasteiger partial charge on any atom is -0.467 e. The lowest BCUT2D eigenvalue weighted by Gasteiger charge is -2.16. The second kappa shape index (κ2) is 9.54. The average molecular weight is 345 g/mol. The van der Waals surface area contributed by atoms with Crippen LogP contribution in [-0.4, -0.2) is 31.6 Å². The first-order chi connectivity index (χ1) is 12.1. The smallest absolute Gasteiger partial charge is 0.328 e. The highest BCUT2D eigenvalue weighted by atomic mass is 19.1. The maximum Gasteiger partial charge on any atom is 0.328 e. The van der Waals surface area contributed by atoms with E-state index >= 15 is 0 Å². The van der Waals surface area contributed by atoms with E-state index in [0.29, 0.717) is 12.2 Å². The summed E-state index contributed by atoms with van der Waals surface area (Å²) in [4.78, 5) is 23.9. The van der Waals surface area contributed by atoms with Crippen LogP contribution in [0, 0.1) is 5.82 Å². The van der Waals surface area contributed by atoms with Gasteiger partial charge in [0.25, 0.3) is 0 Å². The van der Waals surface area contributed by atoms with Gasteiger partial charge in [-0.15, -0.1) is 0 Å². The monoisotopic (exact) mass is 345 g/mol. The van der Waals surface area contributed by atoms with Crippen molar-refractivity contribution in [3.8, 4) is 0 Å². The van der Waals surface area contributed by atoms with E-state index in [2.05, 4.69) is 5.32 Å². The molecule has 1 N–H and O–H groups in total. The summed E-state index contributed by atoms with van der Waals surface area (Å²) in [5.41, 5.74) is 1.66. The Balaban J connectivity index is 1.86. The lowest BCUT2D eigenvalue weighted by molar-refractivity contribution is -0.145. The zero-order valence-electron chi connectivity index (χ0n) is 13.9. The standard InChI is InChI=1S/C19H20FNO4/c1-24-19(23)17(11-14-7-9-16(20)10-8-14)21-18(22)13-25-12-15-5-3-2-4-6-15/h2-10,17H,11-13H2,1H3,(H,21,22)/t17-/m0/s1. The van der Waals surface area contributed by atoms with Gasteiger partial charge in [-0.3, -0.25) is 4.79 Å². The largest absolute Gasteiger partial charge is 0.467 e. The first-order valence-electron chi connectivity index (χ1n) is 7.82. The van der Waals surface area contributed by atoms with Crippen LogP contribution in [0.5, 0.6) is 0 Å². The highest BCUT2D eigenvalue weighted by Gasteiger charge is 2.22. The van der Waals surface area contributed by atoms with Crippen molar-refractivity contribution < 1.29 is 23.5 Å².